The molecular formula is C18H21NO2. The fraction of sp³-hybridized carbons (Fsp3) is 0.278. The van der Waals surface area contributed by atoms with E-state index in [1.54, 1.807) is 12.1 Å². The molecule has 0 aliphatic rings. The second-order valence-corrected chi connectivity index (χ2v) is 5.01. The highest BCUT2D eigenvalue weighted by Gasteiger charge is 2.03. The highest BCUT2D eigenvalue weighted by Crippen LogP contribution is 2.08. The fourth-order valence-corrected chi connectivity index (χ4v) is 2.02. The number of hydrogen-bond donors (Lipinski definition) is 1. The van der Waals surface area contributed by atoms with E-state index >= 15 is 0 Å². The maximum atomic E-state index is 11.8. The molecule has 0 spiro atoms. The number of rotatable bonds is 7. The highest BCUT2D eigenvalue weighted by atomic mass is 16.6. The van der Waals surface area contributed by atoms with E-state index in [1.165, 1.54) is 18.4 Å². The first-order valence-corrected chi connectivity index (χ1v) is 7.34. The van der Waals surface area contributed by atoms with Crippen molar-refractivity contribution in [2.75, 3.05) is 0 Å². The third kappa shape index (κ3) is 5.04. The van der Waals surface area contributed by atoms with Crippen LogP contribution in [0.1, 0.15) is 41.3 Å². The average Bonchev–Trinajstić information content (AvgIpc) is 2.55. The molecule has 0 heterocycles. The Labute approximate surface area is 125 Å². The number of carbonyl (C=O) groups excluding carboxylic acids is 1. The Morgan fingerprint density at radius 2 is 1.67 bits per heavy atom. The molecule has 0 aliphatic carbocycles. The van der Waals surface area contributed by atoms with Crippen molar-refractivity contribution in [3.05, 3.63) is 71.3 Å². The summed E-state index contributed by atoms with van der Waals surface area (Å²) in [6, 6.07) is 17.3. The Balaban J connectivity index is 1.77. The average molecular weight is 283 g/mol. The lowest BCUT2D eigenvalue weighted by atomic mass is 10.1. The number of aryl methyl sites for hydroxylation is 1. The molecule has 1 amide bonds. The number of benzene rings is 2. The molecule has 110 valence electrons. The standard InChI is InChI=1S/C18H21NO2/c1-2-3-7-15-10-12-16(13-11-15)14-21-19-18(20)17-8-5-4-6-9-17/h4-6,8-13H,2-3,7,14H2,1H3,(H,19,20). The molecule has 0 saturated carbocycles. The number of amides is 1. The summed E-state index contributed by atoms with van der Waals surface area (Å²) < 4.78 is 0. The molecule has 0 atom stereocenters. The quantitative estimate of drug-likeness (QED) is 0.783. The van der Waals surface area contributed by atoms with Crippen LogP contribution < -0.4 is 5.48 Å². The molecule has 1 N–H and O–H groups in total. The SMILES string of the molecule is CCCCc1ccc(CONC(=O)c2ccccc2)cc1. The summed E-state index contributed by atoms with van der Waals surface area (Å²) in [4.78, 5) is 17.0. The first kappa shape index (κ1) is 15.3. The first-order valence-electron chi connectivity index (χ1n) is 7.34. The molecule has 0 unspecified atom stereocenters. The number of unbranched alkanes of at least 4 members (excludes halogenated alkanes) is 1. The zero-order valence-electron chi connectivity index (χ0n) is 12.3. The predicted molar refractivity (Wildman–Crippen MR) is 83.8 cm³/mol. The van der Waals surface area contributed by atoms with Gasteiger partial charge in [-0.15, -0.1) is 0 Å². The van der Waals surface area contributed by atoms with Crippen LogP contribution in [-0.2, 0) is 17.9 Å². The van der Waals surface area contributed by atoms with Crippen molar-refractivity contribution in [3.63, 3.8) is 0 Å². The summed E-state index contributed by atoms with van der Waals surface area (Å²) in [6.07, 6.45) is 3.53. The van der Waals surface area contributed by atoms with Crippen LogP contribution in [0.4, 0.5) is 0 Å². The van der Waals surface area contributed by atoms with E-state index in [4.69, 9.17) is 4.84 Å². The van der Waals surface area contributed by atoms with Crippen molar-refractivity contribution < 1.29 is 9.63 Å². The van der Waals surface area contributed by atoms with Gasteiger partial charge in [0.15, 0.2) is 0 Å². The summed E-state index contributed by atoms with van der Waals surface area (Å²) in [6.45, 7) is 2.56. The Hall–Kier alpha value is -2.13. The van der Waals surface area contributed by atoms with Gasteiger partial charge in [0, 0.05) is 5.56 Å². The summed E-state index contributed by atoms with van der Waals surface area (Å²) >= 11 is 0. The Morgan fingerprint density at radius 1 is 1.00 bits per heavy atom. The van der Waals surface area contributed by atoms with E-state index in [0.717, 1.165) is 12.0 Å². The third-order valence-corrected chi connectivity index (χ3v) is 3.28. The van der Waals surface area contributed by atoms with E-state index in [1.807, 2.05) is 30.3 Å². The van der Waals surface area contributed by atoms with E-state index in [9.17, 15) is 4.79 Å². The predicted octanol–water partition coefficient (Wildman–Crippen LogP) is 3.89. The van der Waals surface area contributed by atoms with Crippen molar-refractivity contribution in [1.29, 1.82) is 0 Å². The summed E-state index contributed by atoms with van der Waals surface area (Å²) in [5.74, 6) is -0.227. The minimum Gasteiger partial charge on any atom is -0.269 e. The summed E-state index contributed by atoms with van der Waals surface area (Å²) in [5.41, 5.74) is 5.43. The summed E-state index contributed by atoms with van der Waals surface area (Å²) in [7, 11) is 0. The lowest BCUT2D eigenvalue weighted by Crippen LogP contribution is -2.23. The molecule has 2 aromatic rings. The lowest BCUT2D eigenvalue weighted by Gasteiger charge is -2.07. The van der Waals surface area contributed by atoms with Gasteiger partial charge in [-0.2, -0.15) is 0 Å². The van der Waals surface area contributed by atoms with Crippen molar-refractivity contribution in [3.8, 4) is 0 Å². The maximum absolute atomic E-state index is 11.8. The first-order chi connectivity index (χ1) is 10.3. The lowest BCUT2D eigenvalue weighted by molar-refractivity contribution is 0.0233. The van der Waals surface area contributed by atoms with E-state index in [-0.39, 0.29) is 5.91 Å². The van der Waals surface area contributed by atoms with Crippen LogP contribution >= 0.6 is 0 Å². The highest BCUT2D eigenvalue weighted by molar-refractivity contribution is 5.93. The molecule has 21 heavy (non-hydrogen) atoms. The monoisotopic (exact) mass is 283 g/mol. The third-order valence-electron chi connectivity index (χ3n) is 3.28. The minimum atomic E-state index is -0.227. The van der Waals surface area contributed by atoms with Crippen molar-refractivity contribution in [1.82, 2.24) is 5.48 Å². The van der Waals surface area contributed by atoms with Crippen molar-refractivity contribution in [2.45, 2.75) is 32.8 Å². The maximum Gasteiger partial charge on any atom is 0.274 e. The molecule has 0 fully saturated rings. The van der Waals surface area contributed by atoms with E-state index in [2.05, 4.69) is 24.5 Å². The molecule has 3 nitrogen and oxygen atoms in total. The molecular weight excluding hydrogens is 262 g/mol. The van der Waals surface area contributed by atoms with Gasteiger partial charge in [-0.1, -0.05) is 55.8 Å². The number of hydrogen-bond acceptors (Lipinski definition) is 2. The van der Waals surface area contributed by atoms with Crippen LogP contribution in [0.2, 0.25) is 0 Å². The topological polar surface area (TPSA) is 38.3 Å². The number of carbonyl (C=O) groups is 1. The summed E-state index contributed by atoms with van der Waals surface area (Å²) in [5, 5.41) is 0. The van der Waals surface area contributed by atoms with Crippen LogP contribution in [0.15, 0.2) is 54.6 Å². The number of hydroxylamine groups is 1. The second-order valence-electron chi connectivity index (χ2n) is 5.01. The van der Waals surface area contributed by atoms with Gasteiger partial charge in [-0.25, -0.2) is 5.48 Å². The Bertz CT molecular complexity index is 549. The molecule has 3 heteroatoms. The van der Waals surface area contributed by atoms with Gasteiger partial charge in [-0.05, 0) is 36.1 Å². The Kier molecular flexibility index (Phi) is 5.98. The molecule has 0 aromatic heterocycles. The molecule has 0 aliphatic heterocycles. The molecule has 2 aromatic carbocycles. The second kappa shape index (κ2) is 8.22. The molecule has 2 rings (SSSR count). The van der Waals surface area contributed by atoms with Gasteiger partial charge in [0.25, 0.3) is 5.91 Å². The normalized spacial score (nSPS) is 10.3. The molecule has 0 bridgehead atoms. The van der Waals surface area contributed by atoms with Gasteiger partial charge in [0.1, 0.15) is 0 Å². The molecule has 0 saturated heterocycles. The van der Waals surface area contributed by atoms with Crippen molar-refractivity contribution in [2.24, 2.45) is 0 Å². The zero-order valence-corrected chi connectivity index (χ0v) is 12.3. The van der Waals surface area contributed by atoms with Crippen molar-refractivity contribution >= 4 is 5.91 Å². The Morgan fingerprint density at radius 3 is 2.33 bits per heavy atom. The van der Waals surface area contributed by atoms with Crippen LogP contribution in [0.5, 0.6) is 0 Å². The van der Waals surface area contributed by atoms with Gasteiger partial charge in [-0.3, -0.25) is 9.63 Å². The van der Waals surface area contributed by atoms with E-state index in [0.29, 0.717) is 12.2 Å². The smallest absolute Gasteiger partial charge is 0.269 e. The van der Waals surface area contributed by atoms with Crippen LogP contribution in [0.25, 0.3) is 0 Å². The van der Waals surface area contributed by atoms with Gasteiger partial charge in [0.05, 0.1) is 6.61 Å². The van der Waals surface area contributed by atoms with Gasteiger partial charge >= 0.3 is 0 Å². The van der Waals surface area contributed by atoms with Crippen LogP contribution in [-0.4, -0.2) is 5.91 Å². The fourth-order valence-electron chi connectivity index (χ4n) is 2.02. The molecule has 0 radical (unpaired) electrons. The minimum absolute atomic E-state index is 0.227. The van der Waals surface area contributed by atoms with Gasteiger partial charge < -0.3 is 0 Å². The zero-order chi connectivity index (χ0) is 14.9. The largest absolute Gasteiger partial charge is 0.274 e. The van der Waals surface area contributed by atoms with E-state index < -0.39 is 0 Å². The van der Waals surface area contributed by atoms with Crippen LogP contribution in [0.3, 0.4) is 0 Å². The van der Waals surface area contributed by atoms with Gasteiger partial charge in [0.2, 0.25) is 0 Å². The number of nitrogens with one attached hydrogen (secondary N) is 1. The van der Waals surface area contributed by atoms with Crippen LogP contribution in [0, 0.1) is 0 Å².